The first-order valence-electron chi connectivity index (χ1n) is 8.15. The van der Waals surface area contributed by atoms with Gasteiger partial charge in [0, 0.05) is 5.70 Å². The van der Waals surface area contributed by atoms with E-state index >= 15 is 0 Å². The maximum absolute atomic E-state index is 12.5. The number of carbonyl (C=O) groups is 2. The molecule has 130 valence electrons. The molecule has 0 radical (unpaired) electrons. The fourth-order valence-electron chi connectivity index (χ4n) is 2.93. The molecular formula is C18H24N2O4. The third-order valence-corrected chi connectivity index (χ3v) is 3.89. The quantitative estimate of drug-likeness (QED) is 0.859. The molecule has 0 aliphatic carbocycles. The van der Waals surface area contributed by atoms with Gasteiger partial charge in [-0.2, -0.15) is 0 Å². The first-order valence-corrected chi connectivity index (χ1v) is 8.15. The van der Waals surface area contributed by atoms with E-state index < -0.39 is 18.1 Å². The van der Waals surface area contributed by atoms with Gasteiger partial charge in [0.15, 0.2) is 0 Å². The van der Waals surface area contributed by atoms with E-state index in [1.165, 1.54) is 4.90 Å². The van der Waals surface area contributed by atoms with E-state index in [1.54, 1.807) is 13.8 Å². The lowest BCUT2D eigenvalue weighted by molar-refractivity contribution is -0.139. The van der Waals surface area contributed by atoms with Crippen LogP contribution in [0.15, 0.2) is 41.6 Å². The molecule has 0 saturated carbocycles. The van der Waals surface area contributed by atoms with E-state index in [4.69, 9.17) is 9.47 Å². The molecule has 24 heavy (non-hydrogen) atoms. The Kier molecular flexibility index (Phi) is 5.84. The van der Waals surface area contributed by atoms with Crippen molar-refractivity contribution in [2.24, 2.45) is 0 Å². The summed E-state index contributed by atoms with van der Waals surface area (Å²) in [7, 11) is 0. The maximum atomic E-state index is 12.5. The number of carbonyl (C=O) groups excluding carboxylic acids is 2. The molecule has 0 aromatic heterocycles. The molecule has 1 aliphatic heterocycles. The third-order valence-electron chi connectivity index (χ3n) is 3.89. The van der Waals surface area contributed by atoms with Crippen LogP contribution in [-0.2, 0) is 14.3 Å². The van der Waals surface area contributed by atoms with E-state index in [0.29, 0.717) is 11.3 Å². The Morgan fingerprint density at radius 3 is 2.33 bits per heavy atom. The zero-order chi connectivity index (χ0) is 17.7. The summed E-state index contributed by atoms with van der Waals surface area (Å²) in [5.74, 6) is -0.433. The largest absolute Gasteiger partial charge is 0.463 e. The first kappa shape index (κ1) is 17.8. The summed E-state index contributed by atoms with van der Waals surface area (Å²) in [6, 6.07) is 8.87. The Labute approximate surface area is 142 Å². The lowest BCUT2D eigenvalue weighted by Crippen LogP contribution is -2.53. The van der Waals surface area contributed by atoms with Crippen LogP contribution in [0.2, 0.25) is 0 Å². The molecule has 2 unspecified atom stereocenters. The molecule has 2 atom stereocenters. The summed E-state index contributed by atoms with van der Waals surface area (Å²) in [6.45, 7) is 7.73. The number of amides is 1. The van der Waals surface area contributed by atoms with Crippen LogP contribution in [-0.4, -0.2) is 36.3 Å². The van der Waals surface area contributed by atoms with Crippen LogP contribution in [0.25, 0.3) is 0 Å². The molecule has 6 heteroatoms. The molecule has 1 aromatic carbocycles. The number of ether oxygens (including phenoxy) is 2. The van der Waals surface area contributed by atoms with Crippen molar-refractivity contribution in [1.29, 1.82) is 0 Å². The Bertz CT molecular complexity index is 627. The summed E-state index contributed by atoms with van der Waals surface area (Å²) >= 11 is 0. The molecule has 1 N–H and O–H groups in total. The highest BCUT2D eigenvalue weighted by atomic mass is 16.6. The summed E-state index contributed by atoms with van der Waals surface area (Å²) in [5.41, 5.74) is 1.96. The minimum absolute atomic E-state index is 0.265. The van der Waals surface area contributed by atoms with Crippen molar-refractivity contribution >= 4 is 12.1 Å². The number of esters is 1. The average Bonchev–Trinajstić information content (AvgIpc) is 2.55. The van der Waals surface area contributed by atoms with Crippen LogP contribution in [0.5, 0.6) is 0 Å². The minimum atomic E-state index is -0.555. The van der Waals surface area contributed by atoms with Crippen molar-refractivity contribution in [3.05, 3.63) is 47.2 Å². The second kappa shape index (κ2) is 7.86. The van der Waals surface area contributed by atoms with Crippen LogP contribution in [0, 0.1) is 0 Å². The second-order valence-electron chi connectivity index (χ2n) is 5.50. The number of hydrogen-bond acceptors (Lipinski definition) is 5. The summed E-state index contributed by atoms with van der Waals surface area (Å²) in [5, 5.41) is 3.16. The van der Waals surface area contributed by atoms with Crippen LogP contribution in [0.3, 0.4) is 0 Å². The Morgan fingerprint density at radius 1 is 1.12 bits per heavy atom. The van der Waals surface area contributed by atoms with Gasteiger partial charge in [-0.3, -0.25) is 4.90 Å². The molecule has 0 fully saturated rings. The van der Waals surface area contributed by atoms with Gasteiger partial charge in [0.2, 0.25) is 0 Å². The molecule has 0 spiro atoms. The Hall–Kier alpha value is -2.50. The standard InChI is InChI=1S/C18H24N2O4/c1-5-23-17(21)15-12(3)19-13(4)20(18(22)24-6-2)16(15)14-10-8-7-9-11-14/h7-11,13,16,19H,5-6H2,1-4H3. The van der Waals surface area contributed by atoms with Crippen molar-refractivity contribution in [2.75, 3.05) is 13.2 Å². The van der Waals surface area contributed by atoms with E-state index in [0.717, 1.165) is 5.56 Å². The molecule has 2 rings (SSSR count). The van der Waals surface area contributed by atoms with Gasteiger partial charge in [-0.15, -0.1) is 0 Å². The number of benzene rings is 1. The minimum Gasteiger partial charge on any atom is -0.463 e. The van der Waals surface area contributed by atoms with Crippen molar-refractivity contribution in [2.45, 2.75) is 39.9 Å². The molecule has 0 saturated heterocycles. The van der Waals surface area contributed by atoms with Crippen molar-refractivity contribution in [3.63, 3.8) is 0 Å². The SMILES string of the molecule is CCOC(=O)C1=C(C)NC(C)N(C(=O)OCC)C1c1ccccc1. The van der Waals surface area contributed by atoms with Gasteiger partial charge in [0.05, 0.1) is 24.8 Å². The normalized spacial score (nSPS) is 20.4. The second-order valence-corrected chi connectivity index (χ2v) is 5.50. The van der Waals surface area contributed by atoms with Crippen LogP contribution in [0.1, 0.15) is 39.3 Å². The van der Waals surface area contributed by atoms with Crippen LogP contribution in [0.4, 0.5) is 4.79 Å². The molecular weight excluding hydrogens is 308 g/mol. The first-order chi connectivity index (χ1) is 11.5. The molecule has 1 heterocycles. The number of nitrogens with zero attached hydrogens (tertiary/aromatic N) is 1. The lowest BCUT2D eigenvalue weighted by Gasteiger charge is -2.42. The number of hydrogen-bond donors (Lipinski definition) is 1. The third kappa shape index (κ3) is 3.53. The van der Waals surface area contributed by atoms with Crippen molar-refractivity contribution in [3.8, 4) is 0 Å². The predicted molar refractivity (Wildman–Crippen MR) is 90.0 cm³/mol. The maximum Gasteiger partial charge on any atom is 0.412 e. The fraction of sp³-hybridized carbons (Fsp3) is 0.444. The highest BCUT2D eigenvalue weighted by molar-refractivity contribution is 5.92. The van der Waals surface area contributed by atoms with E-state index in [9.17, 15) is 9.59 Å². The highest BCUT2D eigenvalue weighted by Gasteiger charge is 2.41. The monoisotopic (exact) mass is 332 g/mol. The molecule has 1 aliphatic rings. The number of allylic oxidation sites excluding steroid dienone is 1. The van der Waals surface area contributed by atoms with Gasteiger partial charge in [-0.25, -0.2) is 9.59 Å². The molecule has 1 amide bonds. The Morgan fingerprint density at radius 2 is 1.75 bits per heavy atom. The topological polar surface area (TPSA) is 67.9 Å². The zero-order valence-corrected chi connectivity index (χ0v) is 14.5. The summed E-state index contributed by atoms with van der Waals surface area (Å²) in [6.07, 6.45) is -0.784. The van der Waals surface area contributed by atoms with Gasteiger partial charge in [-0.05, 0) is 33.3 Å². The van der Waals surface area contributed by atoms with E-state index in [1.807, 2.05) is 44.2 Å². The van der Waals surface area contributed by atoms with Gasteiger partial charge < -0.3 is 14.8 Å². The molecule has 0 bridgehead atoms. The smallest absolute Gasteiger partial charge is 0.412 e. The fourth-order valence-corrected chi connectivity index (χ4v) is 2.93. The summed E-state index contributed by atoms with van der Waals surface area (Å²) < 4.78 is 10.4. The molecule has 6 nitrogen and oxygen atoms in total. The average molecular weight is 332 g/mol. The summed E-state index contributed by atoms with van der Waals surface area (Å²) in [4.78, 5) is 26.6. The lowest BCUT2D eigenvalue weighted by atomic mass is 9.93. The van der Waals surface area contributed by atoms with E-state index in [-0.39, 0.29) is 19.4 Å². The predicted octanol–water partition coefficient (Wildman–Crippen LogP) is 2.97. The van der Waals surface area contributed by atoms with E-state index in [2.05, 4.69) is 5.32 Å². The van der Waals surface area contributed by atoms with Crippen LogP contribution >= 0.6 is 0 Å². The van der Waals surface area contributed by atoms with Gasteiger partial charge in [0.1, 0.15) is 6.17 Å². The van der Waals surface area contributed by atoms with Crippen molar-refractivity contribution in [1.82, 2.24) is 10.2 Å². The van der Waals surface area contributed by atoms with Gasteiger partial charge in [0.25, 0.3) is 0 Å². The van der Waals surface area contributed by atoms with Crippen LogP contribution < -0.4 is 5.32 Å². The number of nitrogens with one attached hydrogen (secondary N) is 1. The molecule has 1 aromatic rings. The van der Waals surface area contributed by atoms with Gasteiger partial charge in [-0.1, -0.05) is 30.3 Å². The Balaban J connectivity index is 2.55. The number of rotatable bonds is 4. The van der Waals surface area contributed by atoms with Gasteiger partial charge >= 0.3 is 12.1 Å². The zero-order valence-electron chi connectivity index (χ0n) is 14.5. The van der Waals surface area contributed by atoms with Crippen molar-refractivity contribution < 1.29 is 19.1 Å². The highest BCUT2D eigenvalue weighted by Crippen LogP contribution is 2.36.